The van der Waals surface area contributed by atoms with E-state index >= 15 is 0 Å². The van der Waals surface area contributed by atoms with Gasteiger partial charge in [0.15, 0.2) is 5.88 Å². The highest BCUT2D eigenvalue weighted by atomic mass is 16.3. The molecule has 1 N–H and O–H groups in total. The predicted molar refractivity (Wildman–Crippen MR) is 60.3 cm³/mol. The summed E-state index contributed by atoms with van der Waals surface area (Å²) in [5.74, 6) is 0.0383. The molecule has 0 aliphatic rings. The van der Waals surface area contributed by atoms with Crippen molar-refractivity contribution in [2.45, 2.75) is 13.8 Å². The van der Waals surface area contributed by atoms with E-state index in [2.05, 4.69) is 0 Å². The highest BCUT2D eigenvalue weighted by Gasteiger charge is 2.09. The standard InChI is InChI=1S/C12H13NO2/c1-7-4-5-9-8(2)11(14)13(3)12(15)10(9)6-7/h4-6,14H,1-3H3. The van der Waals surface area contributed by atoms with Gasteiger partial charge in [-0.3, -0.25) is 9.36 Å². The highest BCUT2D eigenvalue weighted by Crippen LogP contribution is 2.23. The minimum atomic E-state index is -0.156. The van der Waals surface area contributed by atoms with Crippen molar-refractivity contribution < 1.29 is 5.11 Å². The van der Waals surface area contributed by atoms with Crippen LogP contribution in [-0.4, -0.2) is 9.67 Å². The lowest BCUT2D eigenvalue weighted by molar-refractivity contribution is 0.421. The third kappa shape index (κ3) is 1.31. The Morgan fingerprint density at radius 2 is 1.87 bits per heavy atom. The van der Waals surface area contributed by atoms with Gasteiger partial charge in [-0.25, -0.2) is 0 Å². The van der Waals surface area contributed by atoms with Gasteiger partial charge in [-0.2, -0.15) is 0 Å². The fourth-order valence-electron chi connectivity index (χ4n) is 1.81. The Hall–Kier alpha value is -1.77. The lowest BCUT2D eigenvalue weighted by Gasteiger charge is -2.09. The first kappa shape index (κ1) is 9.77. The van der Waals surface area contributed by atoms with E-state index in [1.54, 1.807) is 7.05 Å². The van der Waals surface area contributed by atoms with Crippen LogP contribution >= 0.6 is 0 Å². The topological polar surface area (TPSA) is 42.2 Å². The molecule has 0 atom stereocenters. The van der Waals surface area contributed by atoms with Crippen molar-refractivity contribution in [2.75, 3.05) is 0 Å². The van der Waals surface area contributed by atoms with E-state index in [4.69, 9.17) is 0 Å². The zero-order valence-corrected chi connectivity index (χ0v) is 9.03. The molecule has 0 saturated carbocycles. The van der Waals surface area contributed by atoms with Gasteiger partial charge in [-0.15, -0.1) is 0 Å². The second-order valence-electron chi connectivity index (χ2n) is 3.86. The van der Waals surface area contributed by atoms with Crippen LogP contribution in [0.15, 0.2) is 23.0 Å². The molecule has 1 aromatic heterocycles. The number of aryl methyl sites for hydroxylation is 2. The van der Waals surface area contributed by atoms with Crippen LogP contribution < -0.4 is 5.56 Å². The summed E-state index contributed by atoms with van der Waals surface area (Å²) in [5, 5.41) is 11.2. The summed E-state index contributed by atoms with van der Waals surface area (Å²) in [6.07, 6.45) is 0. The Morgan fingerprint density at radius 3 is 2.53 bits per heavy atom. The largest absolute Gasteiger partial charge is 0.494 e. The maximum Gasteiger partial charge on any atom is 0.260 e. The Labute approximate surface area is 87.6 Å². The second-order valence-corrected chi connectivity index (χ2v) is 3.86. The van der Waals surface area contributed by atoms with Crippen molar-refractivity contribution in [3.8, 4) is 5.88 Å². The van der Waals surface area contributed by atoms with Crippen LogP contribution in [0.1, 0.15) is 11.1 Å². The SMILES string of the molecule is Cc1ccc2c(C)c(O)n(C)c(=O)c2c1. The average molecular weight is 203 g/mol. The molecule has 2 aromatic rings. The normalized spacial score (nSPS) is 10.9. The average Bonchev–Trinajstić information content (AvgIpc) is 2.23. The molecule has 0 unspecified atom stereocenters. The first-order valence-corrected chi connectivity index (χ1v) is 4.81. The van der Waals surface area contributed by atoms with Crippen molar-refractivity contribution in [1.29, 1.82) is 0 Å². The molecule has 0 bridgehead atoms. The fraction of sp³-hybridized carbons (Fsp3) is 0.250. The van der Waals surface area contributed by atoms with Crippen LogP contribution in [0.3, 0.4) is 0 Å². The van der Waals surface area contributed by atoms with Gasteiger partial charge in [0, 0.05) is 18.0 Å². The molecule has 3 nitrogen and oxygen atoms in total. The first-order chi connectivity index (χ1) is 7.02. The summed E-state index contributed by atoms with van der Waals surface area (Å²) in [4.78, 5) is 11.9. The van der Waals surface area contributed by atoms with E-state index in [0.29, 0.717) is 5.39 Å². The Bertz CT molecular complexity index is 597. The van der Waals surface area contributed by atoms with Gasteiger partial charge in [0.25, 0.3) is 5.56 Å². The van der Waals surface area contributed by atoms with Crippen molar-refractivity contribution in [3.63, 3.8) is 0 Å². The monoisotopic (exact) mass is 203 g/mol. The number of fused-ring (bicyclic) bond motifs is 1. The van der Waals surface area contributed by atoms with Gasteiger partial charge in [0.1, 0.15) is 0 Å². The molecular formula is C12H13NO2. The van der Waals surface area contributed by atoms with Crippen LogP contribution in [0.2, 0.25) is 0 Å². The van der Waals surface area contributed by atoms with E-state index in [9.17, 15) is 9.90 Å². The third-order valence-electron chi connectivity index (χ3n) is 2.77. The molecule has 1 aromatic carbocycles. The van der Waals surface area contributed by atoms with E-state index in [-0.39, 0.29) is 11.4 Å². The Morgan fingerprint density at radius 1 is 1.20 bits per heavy atom. The van der Waals surface area contributed by atoms with Gasteiger partial charge in [0.05, 0.1) is 0 Å². The number of aromatic nitrogens is 1. The number of hydrogen-bond acceptors (Lipinski definition) is 2. The summed E-state index contributed by atoms with van der Waals surface area (Å²) in [5.41, 5.74) is 1.63. The summed E-state index contributed by atoms with van der Waals surface area (Å²) in [7, 11) is 1.58. The zero-order valence-electron chi connectivity index (χ0n) is 9.03. The number of benzene rings is 1. The highest BCUT2D eigenvalue weighted by molar-refractivity contribution is 5.86. The number of pyridine rings is 1. The maximum atomic E-state index is 11.9. The van der Waals surface area contributed by atoms with Crippen molar-refractivity contribution in [2.24, 2.45) is 7.05 Å². The first-order valence-electron chi connectivity index (χ1n) is 4.81. The van der Waals surface area contributed by atoms with Crippen LogP contribution in [0.4, 0.5) is 0 Å². The van der Waals surface area contributed by atoms with Crippen molar-refractivity contribution in [3.05, 3.63) is 39.7 Å². The fourth-order valence-corrected chi connectivity index (χ4v) is 1.81. The molecule has 3 heteroatoms. The Balaban J connectivity index is 3.08. The third-order valence-corrected chi connectivity index (χ3v) is 2.77. The van der Waals surface area contributed by atoms with Crippen LogP contribution in [0.5, 0.6) is 5.88 Å². The van der Waals surface area contributed by atoms with Crippen LogP contribution in [0.25, 0.3) is 10.8 Å². The van der Waals surface area contributed by atoms with Crippen molar-refractivity contribution >= 4 is 10.8 Å². The van der Waals surface area contributed by atoms with Gasteiger partial charge < -0.3 is 5.11 Å². The quantitative estimate of drug-likeness (QED) is 0.710. The van der Waals surface area contributed by atoms with Crippen LogP contribution in [0, 0.1) is 13.8 Å². The Kier molecular flexibility index (Phi) is 2.03. The molecule has 78 valence electrons. The molecule has 1 heterocycles. The second kappa shape index (κ2) is 3.12. The molecule has 0 spiro atoms. The molecule has 0 fully saturated rings. The number of rotatable bonds is 0. The smallest absolute Gasteiger partial charge is 0.260 e. The minimum absolute atomic E-state index is 0.0383. The molecule has 0 saturated heterocycles. The summed E-state index contributed by atoms with van der Waals surface area (Å²) < 4.78 is 1.27. The summed E-state index contributed by atoms with van der Waals surface area (Å²) >= 11 is 0. The molecule has 0 aliphatic heterocycles. The lowest BCUT2D eigenvalue weighted by Crippen LogP contribution is -2.17. The van der Waals surface area contributed by atoms with E-state index in [1.807, 2.05) is 32.0 Å². The molecule has 0 aliphatic carbocycles. The van der Waals surface area contributed by atoms with Crippen molar-refractivity contribution in [1.82, 2.24) is 4.57 Å². The number of nitrogens with zero attached hydrogens (tertiary/aromatic N) is 1. The molecular weight excluding hydrogens is 190 g/mol. The maximum absolute atomic E-state index is 11.9. The predicted octanol–water partition coefficient (Wildman–Crippen LogP) is 1.86. The summed E-state index contributed by atoms with van der Waals surface area (Å²) in [6, 6.07) is 5.67. The summed E-state index contributed by atoms with van der Waals surface area (Å²) in [6.45, 7) is 3.76. The molecule has 2 rings (SSSR count). The van der Waals surface area contributed by atoms with E-state index in [0.717, 1.165) is 16.5 Å². The number of aromatic hydroxyl groups is 1. The van der Waals surface area contributed by atoms with Gasteiger partial charge >= 0.3 is 0 Å². The van der Waals surface area contributed by atoms with E-state index < -0.39 is 0 Å². The lowest BCUT2D eigenvalue weighted by atomic mass is 10.1. The van der Waals surface area contributed by atoms with Gasteiger partial charge in [-0.1, -0.05) is 17.7 Å². The number of hydrogen-bond donors (Lipinski definition) is 1. The minimum Gasteiger partial charge on any atom is -0.494 e. The van der Waals surface area contributed by atoms with Crippen LogP contribution in [-0.2, 0) is 7.05 Å². The zero-order chi connectivity index (χ0) is 11.2. The van der Waals surface area contributed by atoms with Gasteiger partial charge in [-0.05, 0) is 25.3 Å². The van der Waals surface area contributed by atoms with Gasteiger partial charge in [0.2, 0.25) is 0 Å². The van der Waals surface area contributed by atoms with E-state index in [1.165, 1.54) is 4.57 Å². The molecule has 0 radical (unpaired) electrons. The molecule has 15 heavy (non-hydrogen) atoms. The molecule has 0 amide bonds.